The van der Waals surface area contributed by atoms with Crippen LogP contribution in [0, 0.1) is 6.92 Å². The molecule has 2 aromatic carbocycles. The highest BCUT2D eigenvalue weighted by atomic mass is 32.2. The van der Waals surface area contributed by atoms with E-state index >= 15 is 0 Å². The summed E-state index contributed by atoms with van der Waals surface area (Å²) in [5, 5.41) is 14.3. The molecule has 1 aromatic heterocycles. The maximum Gasteiger partial charge on any atom is 0.193 e. The number of rotatable bonds is 7. The summed E-state index contributed by atoms with van der Waals surface area (Å²) in [6.45, 7) is 2.56. The van der Waals surface area contributed by atoms with Crippen LogP contribution in [0.3, 0.4) is 0 Å². The Morgan fingerprint density at radius 1 is 1.20 bits per heavy atom. The monoisotopic (exact) mass is 373 g/mol. The van der Waals surface area contributed by atoms with Crippen LogP contribution >= 0.6 is 23.3 Å². The number of nitrogens with zero attached hydrogens (tertiary/aromatic N) is 1. The van der Waals surface area contributed by atoms with Gasteiger partial charge in [0.2, 0.25) is 0 Å². The Morgan fingerprint density at radius 2 is 2.00 bits per heavy atom. The second kappa shape index (κ2) is 8.13. The first-order valence-corrected chi connectivity index (χ1v) is 9.33. The molecule has 25 heavy (non-hydrogen) atoms. The molecule has 3 aromatic rings. The zero-order valence-electron chi connectivity index (χ0n) is 13.9. The summed E-state index contributed by atoms with van der Waals surface area (Å²) in [6.07, 6.45) is 1.86. The number of aromatic nitrogens is 1. The second-order valence-corrected chi connectivity index (χ2v) is 7.44. The Balaban J connectivity index is 1.56. The van der Waals surface area contributed by atoms with Gasteiger partial charge in [0.1, 0.15) is 0 Å². The van der Waals surface area contributed by atoms with Crippen LogP contribution in [0.15, 0.2) is 53.6 Å². The Labute approximate surface area is 155 Å². The molecule has 0 amide bonds. The van der Waals surface area contributed by atoms with Crippen molar-refractivity contribution in [2.24, 2.45) is 0 Å². The Kier molecular flexibility index (Phi) is 5.67. The lowest BCUT2D eigenvalue weighted by atomic mass is 10.2. The lowest BCUT2D eigenvalue weighted by Crippen LogP contribution is -2.00. The van der Waals surface area contributed by atoms with Crippen LogP contribution in [0.25, 0.3) is 0 Å². The first-order chi connectivity index (χ1) is 12.2. The van der Waals surface area contributed by atoms with Crippen molar-refractivity contribution in [1.29, 1.82) is 0 Å². The van der Waals surface area contributed by atoms with Crippen LogP contribution in [0.1, 0.15) is 10.4 Å². The molecule has 0 atom stereocenters. The number of aryl methyl sites for hydroxylation is 1. The molecule has 0 bridgehead atoms. The van der Waals surface area contributed by atoms with E-state index in [2.05, 4.69) is 15.0 Å². The number of hydrogen-bond acceptors (Lipinski definition) is 7. The zero-order chi connectivity index (χ0) is 17.6. The Hall–Kier alpha value is -2.38. The number of benzene rings is 2. The van der Waals surface area contributed by atoms with Gasteiger partial charge in [-0.25, -0.2) is 4.98 Å². The molecule has 0 spiro atoms. The summed E-state index contributed by atoms with van der Waals surface area (Å²) in [5.41, 5.74) is 1.77. The summed E-state index contributed by atoms with van der Waals surface area (Å²) in [6, 6.07) is 13.6. The van der Waals surface area contributed by atoms with Gasteiger partial charge in [-0.15, -0.1) is 11.3 Å². The highest BCUT2D eigenvalue weighted by Crippen LogP contribution is 2.30. The molecule has 5 nitrogen and oxygen atoms in total. The van der Waals surface area contributed by atoms with Crippen molar-refractivity contribution >= 4 is 34.1 Å². The fraction of sp³-hybridized carbons (Fsp3) is 0.167. The molecule has 3 N–H and O–H groups in total. The number of hydrogen-bond donors (Lipinski definition) is 3. The first-order valence-electron chi connectivity index (χ1n) is 7.70. The van der Waals surface area contributed by atoms with E-state index in [-0.39, 0.29) is 5.75 Å². The van der Waals surface area contributed by atoms with Crippen molar-refractivity contribution in [2.45, 2.75) is 18.4 Å². The van der Waals surface area contributed by atoms with Crippen molar-refractivity contribution in [1.82, 2.24) is 4.98 Å². The number of ether oxygens (including phenoxy) is 1. The van der Waals surface area contributed by atoms with Crippen LogP contribution in [0.5, 0.6) is 11.5 Å². The Morgan fingerprint density at radius 3 is 2.68 bits per heavy atom. The van der Waals surface area contributed by atoms with Crippen molar-refractivity contribution in [3.8, 4) is 11.5 Å². The number of thiazole rings is 1. The number of phenols is 1. The third-order valence-corrected chi connectivity index (χ3v) is 5.28. The molecule has 0 aliphatic heterocycles. The predicted octanol–water partition coefficient (Wildman–Crippen LogP) is 4.90. The van der Waals surface area contributed by atoms with Gasteiger partial charge in [-0.2, -0.15) is 0 Å². The van der Waals surface area contributed by atoms with E-state index in [0.717, 1.165) is 21.3 Å². The molecule has 0 aliphatic rings. The average molecular weight is 374 g/mol. The van der Waals surface area contributed by atoms with Gasteiger partial charge in [0.15, 0.2) is 16.6 Å². The van der Waals surface area contributed by atoms with Crippen LogP contribution in [0.2, 0.25) is 0 Å². The molecule has 0 aliphatic carbocycles. The number of anilines is 2. The van der Waals surface area contributed by atoms with Crippen LogP contribution in [-0.2, 0) is 6.54 Å². The van der Waals surface area contributed by atoms with Crippen molar-refractivity contribution in [3.05, 3.63) is 59.1 Å². The molecule has 0 unspecified atom stereocenters. The van der Waals surface area contributed by atoms with E-state index in [1.54, 1.807) is 24.5 Å². The largest absolute Gasteiger partial charge is 0.504 e. The van der Waals surface area contributed by atoms with Crippen LogP contribution in [0.4, 0.5) is 10.8 Å². The number of nitrogens with one attached hydrogen (secondary N) is 2. The van der Waals surface area contributed by atoms with Crippen molar-refractivity contribution < 1.29 is 9.84 Å². The normalized spacial score (nSPS) is 10.5. The van der Waals surface area contributed by atoms with Gasteiger partial charge in [0, 0.05) is 33.8 Å². The van der Waals surface area contributed by atoms with Crippen LogP contribution in [-0.4, -0.2) is 17.2 Å². The minimum Gasteiger partial charge on any atom is -0.504 e. The SMILES string of the molecule is COc1cccc(CNc2ccc(SNc3ncc(C)s3)cc2)c1O. The summed E-state index contributed by atoms with van der Waals surface area (Å²) < 4.78 is 8.36. The maximum atomic E-state index is 10.1. The Bertz CT molecular complexity index is 835. The van der Waals surface area contributed by atoms with Crippen molar-refractivity contribution in [3.63, 3.8) is 0 Å². The fourth-order valence-electron chi connectivity index (χ4n) is 2.22. The van der Waals surface area contributed by atoms with Crippen molar-refractivity contribution in [2.75, 3.05) is 17.1 Å². The standard InChI is InChI=1S/C18H19N3O2S2/c1-12-10-20-18(24-12)21-25-15-8-6-14(7-9-15)19-11-13-4-3-5-16(23-2)17(13)22/h3-10,19,22H,11H2,1-2H3,(H,20,21). The fourth-order valence-corrected chi connectivity index (χ4v) is 3.56. The van der Waals surface area contributed by atoms with Gasteiger partial charge >= 0.3 is 0 Å². The van der Waals surface area contributed by atoms with Gasteiger partial charge in [-0.1, -0.05) is 12.1 Å². The van der Waals surface area contributed by atoms with Gasteiger partial charge in [0.05, 0.1) is 7.11 Å². The smallest absolute Gasteiger partial charge is 0.193 e. The predicted molar refractivity (Wildman–Crippen MR) is 105 cm³/mol. The quantitative estimate of drug-likeness (QED) is 0.512. The molecule has 0 radical (unpaired) electrons. The second-order valence-electron chi connectivity index (χ2n) is 5.33. The number of aromatic hydroxyl groups is 1. The van der Waals surface area contributed by atoms with E-state index < -0.39 is 0 Å². The first kappa shape index (κ1) is 17.4. The average Bonchev–Trinajstić information content (AvgIpc) is 3.05. The zero-order valence-corrected chi connectivity index (χ0v) is 15.6. The summed E-state index contributed by atoms with van der Waals surface area (Å²) in [5.74, 6) is 0.655. The molecule has 130 valence electrons. The number of methoxy groups -OCH3 is 1. The molecule has 1 heterocycles. The van der Waals surface area contributed by atoms with E-state index in [1.807, 2.05) is 49.5 Å². The molecule has 0 saturated heterocycles. The molecular formula is C18H19N3O2S2. The van der Waals surface area contributed by atoms with E-state index in [0.29, 0.717) is 12.3 Å². The molecular weight excluding hydrogens is 354 g/mol. The number of para-hydroxylation sites is 1. The van der Waals surface area contributed by atoms with Gasteiger partial charge in [-0.05, 0) is 49.2 Å². The topological polar surface area (TPSA) is 66.4 Å². The minimum atomic E-state index is 0.174. The van der Waals surface area contributed by atoms with E-state index in [4.69, 9.17) is 4.74 Å². The minimum absolute atomic E-state index is 0.174. The summed E-state index contributed by atoms with van der Waals surface area (Å²) >= 11 is 3.16. The lowest BCUT2D eigenvalue weighted by molar-refractivity contribution is 0.371. The summed E-state index contributed by atoms with van der Waals surface area (Å²) in [4.78, 5) is 6.56. The third kappa shape index (κ3) is 4.58. The molecule has 0 fully saturated rings. The van der Waals surface area contributed by atoms with Gasteiger partial charge in [0.25, 0.3) is 0 Å². The van der Waals surface area contributed by atoms with E-state index in [9.17, 15) is 5.11 Å². The third-order valence-electron chi connectivity index (χ3n) is 3.52. The highest BCUT2D eigenvalue weighted by molar-refractivity contribution is 8.00. The molecule has 7 heteroatoms. The van der Waals surface area contributed by atoms with E-state index in [1.165, 1.54) is 16.8 Å². The number of phenolic OH excluding ortho intramolecular Hbond substituents is 1. The lowest BCUT2D eigenvalue weighted by Gasteiger charge is -2.11. The molecule has 3 rings (SSSR count). The van der Waals surface area contributed by atoms with Crippen LogP contribution < -0.4 is 14.8 Å². The summed E-state index contributed by atoms with van der Waals surface area (Å²) in [7, 11) is 1.55. The highest BCUT2D eigenvalue weighted by Gasteiger charge is 2.07. The van der Waals surface area contributed by atoms with Gasteiger partial charge < -0.3 is 19.9 Å². The maximum absolute atomic E-state index is 10.1. The van der Waals surface area contributed by atoms with Gasteiger partial charge in [-0.3, -0.25) is 0 Å². The molecule has 0 saturated carbocycles.